The molecule has 110 valence electrons. The topological polar surface area (TPSA) is 59.6 Å². The zero-order valence-corrected chi connectivity index (χ0v) is 12.0. The van der Waals surface area contributed by atoms with E-state index in [9.17, 15) is 4.79 Å². The molecule has 1 heterocycles. The van der Waals surface area contributed by atoms with E-state index in [0.29, 0.717) is 13.0 Å². The summed E-state index contributed by atoms with van der Waals surface area (Å²) in [4.78, 5) is 12.0. The summed E-state index contributed by atoms with van der Waals surface area (Å²) in [6.07, 6.45) is 0.430. The Morgan fingerprint density at radius 3 is 3.05 bits per heavy atom. The maximum Gasteiger partial charge on any atom is 0.222 e. The van der Waals surface area contributed by atoms with Crippen molar-refractivity contribution in [2.24, 2.45) is 0 Å². The van der Waals surface area contributed by atoms with Gasteiger partial charge in [0.25, 0.3) is 0 Å². The van der Waals surface area contributed by atoms with E-state index in [1.54, 1.807) is 7.11 Å². The first-order valence-electron chi connectivity index (χ1n) is 6.94. The van der Waals surface area contributed by atoms with E-state index in [1.165, 1.54) is 0 Å². The summed E-state index contributed by atoms with van der Waals surface area (Å²) < 4.78 is 10.7. The molecule has 0 aromatic heterocycles. The van der Waals surface area contributed by atoms with E-state index < -0.39 is 0 Å². The number of ether oxygens (including phenoxy) is 2. The van der Waals surface area contributed by atoms with Gasteiger partial charge in [-0.2, -0.15) is 0 Å². The smallest absolute Gasteiger partial charge is 0.222 e. The Morgan fingerprint density at radius 1 is 1.55 bits per heavy atom. The third-order valence-electron chi connectivity index (χ3n) is 3.41. The average molecular weight is 278 g/mol. The van der Waals surface area contributed by atoms with E-state index >= 15 is 0 Å². The molecule has 0 bridgehead atoms. The van der Waals surface area contributed by atoms with Crippen molar-refractivity contribution in [3.8, 4) is 5.75 Å². The lowest BCUT2D eigenvalue weighted by atomic mass is 10.1. The fraction of sp³-hybridized carbons (Fsp3) is 0.533. The quantitative estimate of drug-likeness (QED) is 0.851. The summed E-state index contributed by atoms with van der Waals surface area (Å²) in [5.74, 6) is 0.811. The number of hydrogen-bond donors (Lipinski definition) is 2. The van der Waals surface area contributed by atoms with Crippen LogP contribution in [0.25, 0.3) is 0 Å². The number of amides is 1. The molecule has 1 saturated heterocycles. The monoisotopic (exact) mass is 278 g/mol. The van der Waals surface area contributed by atoms with Gasteiger partial charge < -0.3 is 20.1 Å². The van der Waals surface area contributed by atoms with Gasteiger partial charge >= 0.3 is 0 Å². The van der Waals surface area contributed by atoms with Crippen LogP contribution in [0, 0.1) is 0 Å². The van der Waals surface area contributed by atoms with Gasteiger partial charge in [-0.25, -0.2) is 0 Å². The summed E-state index contributed by atoms with van der Waals surface area (Å²) in [5, 5.41) is 6.28. The summed E-state index contributed by atoms with van der Waals surface area (Å²) in [7, 11) is 1.64. The van der Waals surface area contributed by atoms with Gasteiger partial charge in [-0.15, -0.1) is 0 Å². The standard InChI is InChI=1S/C15H22N2O3/c1-11(13-5-3-4-6-14(13)19-2)17-15(18)9-12-10-20-8-7-16-12/h3-6,11-12,16H,7-10H2,1-2H3,(H,17,18)/t11-,12?/m1/s1. The number of hydrogen-bond acceptors (Lipinski definition) is 4. The van der Waals surface area contributed by atoms with Gasteiger partial charge in [0.15, 0.2) is 0 Å². The molecule has 20 heavy (non-hydrogen) atoms. The third-order valence-corrected chi connectivity index (χ3v) is 3.41. The number of nitrogens with one attached hydrogen (secondary N) is 2. The second-order valence-corrected chi connectivity index (χ2v) is 4.96. The molecule has 2 atom stereocenters. The van der Waals surface area contributed by atoms with E-state index in [0.717, 1.165) is 24.5 Å². The molecule has 1 fully saturated rings. The molecule has 1 aromatic rings. The minimum atomic E-state index is -0.0804. The minimum absolute atomic E-state index is 0.0198. The van der Waals surface area contributed by atoms with Crippen LogP contribution in [0.1, 0.15) is 24.9 Å². The van der Waals surface area contributed by atoms with Crippen molar-refractivity contribution in [2.75, 3.05) is 26.9 Å². The van der Waals surface area contributed by atoms with Crippen LogP contribution in [0.5, 0.6) is 5.75 Å². The highest BCUT2D eigenvalue weighted by atomic mass is 16.5. The molecule has 2 N–H and O–H groups in total. The number of carbonyl (C=O) groups excluding carboxylic acids is 1. The number of rotatable bonds is 5. The molecule has 1 aliphatic heterocycles. The zero-order valence-electron chi connectivity index (χ0n) is 12.0. The van der Waals surface area contributed by atoms with Gasteiger partial charge in [0.2, 0.25) is 5.91 Å². The first-order chi connectivity index (χ1) is 9.70. The Balaban J connectivity index is 1.89. The lowest BCUT2D eigenvalue weighted by Gasteiger charge is -2.24. The Labute approximate surface area is 119 Å². The first kappa shape index (κ1) is 14.8. The van der Waals surface area contributed by atoms with E-state index in [4.69, 9.17) is 9.47 Å². The maximum atomic E-state index is 12.0. The van der Waals surface area contributed by atoms with Crippen molar-refractivity contribution in [2.45, 2.75) is 25.4 Å². The number of benzene rings is 1. The van der Waals surface area contributed by atoms with E-state index in [1.807, 2.05) is 31.2 Å². The number of para-hydroxylation sites is 1. The van der Waals surface area contributed by atoms with Crippen LogP contribution in [-0.4, -0.2) is 38.8 Å². The van der Waals surface area contributed by atoms with Gasteiger partial charge in [0.05, 0.1) is 26.4 Å². The van der Waals surface area contributed by atoms with Gasteiger partial charge in [0.1, 0.15) is 5.75 Å². The fourth-order valence-corrected chi connectivity index (χ4v) is 2.38. The average Bonchev–Trinajstić information content (AvgIpc) is 2.48. The van der Waals surface area contributed by atoms with Crippen molar-refractivity contribution in [3.63, 3.8) is 0 Å². The summed E-state index contributed by atoms with van der Waals surface area (Å²) >= 11 is 0. The molecule has 0 aliphatic carbocycles. The largest absolute Gasteiger partial charge is 0.496 e. The SMILES string of the molecule is COc1ccccc1[C@@H](C)NC(=O)CC1COCCN1. The van der Waals surface area contributed by atoms with Gasteiger partial charge in [-0.3, -0.25) is 4.79 Å². The Hall–Kier alpha value is -1.59. The van der Waals surface area contributed by atoms with Crippen molar-refractivity contribution in [1.82, 2.24) is 10.6 Å². The molecule has 1 unspecified atom stereocenters. The molecule has 1 aliphatic rings. The summed E-state index contributed by atoms with van der Waals surface area (Å²) in [5.41, 5.74) is 0.983. The molecule has 1 amide bonds. The fourth-order valence-electron chi connectivity index (χ4n) is 2.38. The van der Waals surface area contributed by atoms with Crippen molar-refractivity contribution in [1.29, 1.82) is 0 Å². The van der Waals surface area contributed by atoms with Crippen LogP contribution in [-0.2, 0) is 9.53 Å². The van der Waals surface area contributed by atoms with Crippen LogP contribution in [0.2, 0.25) is 0 Å². The second kappa shape index (κ2) is 7.26. The lowest BCUT2D eigenvalue weighted by molar-refractivity contribution is -0.122. The Bertz CT molecular complexity index is 444. The van der Waals surface area contributed by atoms with Crippen LogP contribution in [0.3, 0.4) is 0 Å². The van der Waals surface area contributed by atoms with Gasteiger partial charge in [-0.1, -0.05) is 18.2 Å². The molecular weight excluding hydrogens is 256 g/mol. The van der Waals surface area contributed by atoms with Crippen LogP contribution >= 0.6 is 0 Å². The number of carbonyl (C=O) groups is 1. The van der Waals surface area contributed by atoms with Gasteiger partial charge in [-0.05, 0) is 13.0 Å². The van der Waals surface area contributed by atoms with E-state index in [2.05, 4.69) is 10.6 Å². The molecular formula is C15H22N2O3. The van der Waals surface area contributed by atoms with Crippen LogP contribution in [0.4, 0.5) is 0 Å². The highest BCUT2D eigenvalue weighted by molar-refractivity contribution is 5.77. The molecule has 0 spiro atoms. The zero-order chi connectivity index (χ0) is 14.4. The number of morpholine rings is 1. The maximum absolute atomic E-state index is 12.0. The van der Waals surface area contributed by atoms with Crippen molar-refractivity contribution >= 4 is 5.91 Å². The lowest BCUT2D eigenvalue weighted by Crippen LogP contribution is -2.44. The van der Waals surface area contributed by atoms with Crippen LogP contribution in [0.15, 0.2) is 24.3 Å². The van der Waals surface area contributed by atoms with Crippen molar-refractivity contribution < 1.29 is 14.3 Å². The summed E-state index contributed by atoms with van der Waals surface area (Å²) in [6.45, 7) is 4.08. The first-order valence-corrected chi connectivity index (χ1v) is 6.94. The van der Waals surface area contributed by atoms with Crippen molar-refractivity contribution in [3.05, 3.63) is 29.8 Å². The molecule has 5 heteroatoms. The van der Waals surface area contributed by atoms with Crippen LogP contribution < -0.4 is 15.4 Å². The Morgan fingerprint density at radius 2 is 2.35 bits per heavy atom. The predicted octanol–water partition coefficient (Wildman–Crippen LogP) is 1.25. The summed E-state index contributed by atoms with van der Waals surface area (Å²) in [6, 6.07) is 7.74. The molecule has 2 rings (SSSR count). The molecule has 5 nitrogen and oxygen atoms in total. The predicted molar refractivity (Wildman–Crippen MR) is 76.8 cm³/mol. The van der Waals surface area contributed by atoms with Gasteiger partial charge in [0, 0.05) is 24.6 Å². The normalized spacial score (nSPS) is 20.2. The molecule has 1 aromatic carbocycles. The molecule has 0 radical (unpaired) electrons. The van der Waals surface area contributed by atoms with E-state index in [-0.39, 0.29) is 18.0 Å². The Kier molecular flexibility index (Phi) is 5.38. The number of methoxy groups -OCH3 is 1. The highest BCUT2D eigenvalue weighted by Gasteiger charge is 2.19. The minimum Gasteiger partial charge on any atom is -0.496 e. The highest BCUT2D eigenvalue weighted by Crippen LogP contribution is 2.24. The second-order valence-electron chi connectivity index (χ2n) is 4.96. The third kappa shape index (κ3) is 3.95. The molecule has 0 saturated carbocycles.